The van der Waals surface area contributed by atoms with Crippen molar-refractivity contribution < 1.29 is 4.74 Å². The molecule has 1 N–H and O–H groups in total. The first-order valence-electron chi connectivity index (χ1n) is 9.84. The molecule has 0 aromatic heterocycles. The average molecular weight is 349 g/mol. The Kier molecular flexibility index (Phi) is 5.10. The predicted molar refractivity (Wildman–Crippen MR) is 102 cm³/mol. The zero-order valence-corrected chi connectivity index (χ0v) is 15.2. The summed E-state index contributed by atoms with van der Waals surface area (Å²) in [6, 6.07) is 10.7. The van der Waals surface area contributed by atoms with E-state index in [4.69, 9.17) is 10.00 Å². The number of likely N-dealkylation sites (tertiary alicyclic amines) is 1. The summed E-state index contributed by atoms with van der Waals surface area (Å²) in [4.78, 5) is 2.67. The highest BCUT2D eigenvalue weighted by Crippen LogP contribution is 2.33. The molecule has 1 aromatic rings. The fourth-order valence-electron chi connectivity index (χ4n) is 4.47. The molecule has 2 aliphatic heterocycles. The van der Waals surface area contributed by atoms with Crippen LogP contribution in [0.5, 0.6) is 0 Å². The summed E-state index contributed by atoms with van der Waals surface area (Å²) in [5.74, 6) is 0. The van der Waals surface area contributed by atoms with Gasteiger partial charge in [0.15, 0.2) is 5.72 Å². The van der Waals surface area contributed by atoms with Gasteiger partial charge in [0.2, 0.25) is 0 Å². The summed E-state index contributed by atoms with van der Waals surface area (Å²) in [5.41, 5.74) is 1.07. The Balaban J connectivity index is 1.45. The lowest BCUT2D eigenvalue weighted by Crippen LogP contribution is -2.48. The molecule has 0 amide bonds. The lowest BCUT2D eigenvalue weighted by molar-refractivity contribution is -0.104. The Hall–Kier alpha value is -2.09. The Bertz CT molecular complexity index is 704. The smallest absolute Gasteiger partial charge is 0.184 e. The molecule has 4 rings (SSSR count). The molecule has 1 aromatic carbocycles. The van der Waals surface area contributed by atoms with E-state index in [1.54, 1.807) is 0 Å². The molecule has 1 saturated heterocycles. The van der Waals surface area contributed by atoms with Gasteiger partial charge in [-0.1, -0.05) is 31.1 Å². The van der Waals surface area contributed by atoms with Crippen LogP contribution in [0.4, 0.5) is 0 Å². The maximum Gasteiger partial charge on any atom is 0.184 e. The minimum Gasteiger partial charge on any atom is -0.357 e. The maximum atomic E-state index is 9.05. The van der Waals surface area contributed by atoms with Crippen molar-refractivity contribution in [2.45, 2.75) is 56.4 Å². The summed E-state index contributed by atoms with van der Waals surface area (Å²) in [7, 11) is 0. The minimum absolute atomic E-state index is 0.243. The standard InChI is InChI=1S/C22H27N3O/c23-17-18-7-9-19(10-8-18)22(13-3-4-14-24-22)26-21-11-15-25(16-12-21)20-5-1-2-6-20/h3-4,7-10,13-14,20-21,24H,1-2,5-6,11-12,15-16H2. The largest absolute Gasteiger partial charge is 0.357 e. The van der Waals surface area contributed by atoms with E-state index >= 15 is 0 Å². The van der Waals surface area contributed by atoms with E-state index in [0.717, 1.165) is 37.5 Å². The van der Waals surface area contributed by atoms with Gasteiger partial charge in [-0.2, -0.15) is 5.26 Å². The highest BCUT2D eigenvalue weighted by Gasteiger charge is 2.36. The van der Waals surface area contributed by atoms with Crippen molar-refractivity contribution in [3.05, 3.63) is 59.8 Å². The Morgan fingerprint density at radius 1 is 1.04 bits per heavy atom. The SMILES string of the molecule is N#Cc1ccc(C2(OC3CCN(C4CCCC4)CC3)C=CC=CN2)cc1. The number of benzene rings is 1. The molecular formula is C22H27N3O. The number of hydrogen-bond acceptors (Lipinski definition) is 4. The van der Waals surface area contributed by atoms with Gasteiger partial charge in [-0.3, -0.25) is 0 Å². The molecule has 26 heavy (non-hydrogen) atoms. The van der Waals surface area contributed by atoms with Crippen LogP contribution >= 0.6 is 0 Å². The molecule has 136 valence electrons. The molecule has 2 heterocycles. The van der Waals surface area contributed by atoms with Gasteiger partial charge in [-0.25, -0.2) is 0 Å². The van der Waals surface area contributed by atoms with Crippen LogP contribution in [0.3, 0.4) is 0 Å². The van der Waals surface area contributed by atoms with E-state index in [1.165, 1.54) is 25.7 Å². The van der Waals surface area contributed by atoms with Gasteiger partial charge >= 0.3 is 0 Å². The first kappa shape index (κ1) is 17.3. The minimum atomic E-state index is -0.636. The van der Waals surface area contributed by atoms with Crippen LogP contribution in [0, 0.1) is 11.3 Å². The molecule has 1 saturated carbocycles. The van der Waals surface area contributed by atoms with Crippen molar-refractivity contribution in [2.75, 3.05) is 13.1 Å². The number of nitrogens with one attached hydrogen (secondary N) is 1. The van der Waals surface area contributed by atoms with E-state index in [0.29, 0.717) is 5.56 Å². The normalized spacial score (nSPS) is 27.3. The highest BCUT2D eigenvalue weighted by atomic mass is 16.5. The second-order valence-electron chi connectivity index (χ2n) is 7.58. The second-order valence-corrected chi connectivity index (χ2v) is 7.58. The van der Waals surface area contributed by atoms with Crippen LogP contribution < -0.4 is 5.32 Å². The molecule has 0 spiro atoms. The van der Waals surface area contributed by atoms with E-state index in [9.17, 15) is 0 Å². The van der Waals surface area contributed by atoms with Crippen LogP contribution in [0.2, 0.25) is 0 Å². The van der Waals surface area contributed by atoms with Gasteiger partial charge in [0.05, 0.1) is 17.7 Å². The van der Waals surface area contributed by atoms with E-state index in [1.807, 2.05) is 42.6 Å². The molecule has 4 nitrogen and oxygen atoms in total. The van der Waals surface area contributed by atoms with Gasteiger partial charge in [0.25, 0.3) is 0 Å². The third kappa shape index (κ3) is 3.56. The molecule has 1 atom stereocenters. The second kappa shape index (κ2) is 7.65. The fraction of sp³-hybridized carbons (Fsp3) is 0.500. The summed E-state index contributed by atoms with van der Waals surface area (Å²) >= 11 is 0. The first-order chi connectivity index (χ1) is 12.8. The van der Waals surface area contributed by atoms with E-state index in [-0.39, 0.29) is 6.10 Å². The van der Waals surface area contributed by atoms with Gasteiger partial charge in [0.1, 0.15) is 0 Å². The van der Waals surface area contributed by atoms with Gasteiger partial charge in [0, 0.05) is 24.7 Å². The van der Waals surface area contributed by atoms with Crippen molar-refractivity contribution in [1.29, 1.82) is 5.26 Å². The van der Waals surface area contributed by atoms with Crippen molar-refractivity contribution in [3.8, 4) is 6.07 Å². The van der Waals surface area contributed by atoms with Crippen LogP contribution in [-0.2, 0) is 10.5 Å². The molecule has 0 radical (unpaired) electrons. The number of hydrogen-bond donors (Lipinski definition) is 1. The van der Waals surface area contributed by atoms with Crippen LogP contribution in [-0.4, -0.2) is 30.1 Å². The Labute approximate surface area is 156 Å². The monoisotopic (exact) mass is 349 g/mol. The van der Waals surface area contributed by atoms with Crippen molar-refractivity contribution >= 4 is 0 Å². The zero-order chi connectivity index (χ0) is 17.8. The zero-order valence-electron chi connectivity index (χ0n) is 15.2. The summed E-state index contributed by atoms with van der Waals surface area (Å²) in [5, 5.41) is 12.5. The van der Waals surface area contributed by atoms with E-state index < -0.39 is 5.72 Å². The topological polar surface area (TPSA) is 48.3 Å². The van der Waals surface area contributed by atoms with Gasteiger partial charge in [-0.15, -0.1) is 0 Å². The number of nitriles is 1. The number of rotatable bonds is 4. The molecular weight excluding hydrogens is 322 g/mol. The van der Waals surface area contributed by atoms with E-state index in [2.05, 4.69) is 22.4 Å². The highest BCUT2D eigenvalue weighted by molar-refractivity contribution is 5.37. The number of piperidine rings is 1. The lowest BCUT2D eigenvalue weighted by Gasteiger charge is -2.41. The van der Waals surface area contributed by atoms with Crippen molar-refractivity contribution in [1.82, 2.24) is 10.2 Å². The fourth-order valence-corrected chi connectivity index (χ4v) is 4.47. The first-order valence-corrected chi connectivity index (χ1v) is 9.84. The molecule has 1 unspecified atom stereocenters. The molecule has 1 aliphatic carbocycles. The van der Waals surface area contributed by atoms with Crippen molar-refractivity contribution in [2.24, 2.45) is 0 Å². The summed E-state index contributed by atoms with van der Waals surface area (Å²) < 4.78 is 6.63. The number of allylic oxidation sites excluding steroid dienone is 2. The van der Waals surface area contributed by atoms with Gasteiger partial charge in [-0.05, 0) is 56.2 Å². The number of dihydropyridines is 1. The van der Waals surface area contributed by atoms with Crippen LogP contribution in [0.1, 0.15) is 49.7 Å². The predicted octanol–water partition coefficient (Wildman–Crippen LogP) is 3.81. The number of ether oxygens (including phenoxy) is 1. The van der Waals surface area contributed by atoms with Crippen LogP contribution in [0.15, 0.2) is 48.7 Å². The van der Waals surface area contributed by atoms with Crippen molar-refractivity contribution in [3.63, 3.8) is 0 Å². The lowest BCUT2D eigenvalue weighted by atomic mass is 9.97. The van der Waals surface area contributed by atoms with Crippen LogP contribution in [0.25, 0.3) is 0 Å². The molecule has 3 aliphatic rings. The molecule has 0 bridgehead atoms. The quantitative estimate of drug-likeness (QED) is 0.898. The maximum absolute atomic E-state index is 9.05. The number of nitrogens with zero attached hydrogens (tertiary/aromatic N) is 2. The average Bonchev–Trinajstić information content (AvgIpc) is 3.24. The molecule has 2 fully saturated rings. The summed E-state index contributed by atoms with van der Waals surface area (Å²) in [6.45, 7) is 2.27. The summed E-state index contributed by atoms with van der Waals surface area (Å²) in [6.07, 6.45) is 16.0. The Morgan fingerprint density at radius 2 is 1.77 bits per heavy atom. The Morgan fingerprint density at radius 3 is 2.38 bits per heavy atom. The molecule has 4 heteroatoms. The third-order valence-electron chi connectivity index (χ3n) is 5.95. The van der Waals surface area contributed by atoms with Gasteiger partial charge < -0.3 is 15.0 Å². The third-order valence-corrected chi connectivity index (χ3v) is 5.95.